The number of esters is 1. The van der Waals surface area contributed by atoms with Crippen molar-refractivity contribution in [2.24, 2.45) is 0 Å². The third-order valence-electron chi connectivity index (χ3n) is 1.22. The minimum Gasteiger partial charge on any atom is -0.458 e. The summed E-state index contributed by atoms with van der Waals surface area (Å²) < 4.78 is 40.2. The van der Waals surface area contributed by atoms with Crippen LogP contribution in [0.3, 0.4) is 0 Å². The Morgan fingerprint density at radius 3 is 2.12 bits per heavy atom. The van der Waals surface area contributed by atoms with Crippen LogP contribution in [0.15, 0.2) is 24.3 Å². The van der Waals surface area contributed by atoms with E-state index in [0.717, 1.165) is 0 Å². The molecule has 0 N–H and O–H groups in total. The predicted molar refractivity (Wildman–Crippen MR) is 64.8 cm³/mol. The molecule has 0 amide bonds. The summed E-state index contributed by atoms with van der Waals surface area (Å²) in [6.07, 6.45) is -3.08. The van der Waals surface area contributed by atoms with E-state index in [1.54, 1.807) is 0 Å². The van der Waals surface area contributed by atoms with Crippen molar-refractivity contribution < 1.29 is 22.7 Å². The third kappa shape index (κ3) is 6.05. The van der Waals surface area contributed by atoms with Crippen LogP contribution in [0.5, 0.6) is 0 Å². The summed E-state index contributed by atoms with van der Waals surface area (Å²) in [6.45, 7) is 3.11. The van der Waals surface area contributed by atoms with Crippen LogP contribution in [0.1, 0.15) is 0 Å². The first-order valence-corrected chi connectivity index (χ1v) is 6.10. The summed E-state index contributed by atoms with van der Waals surface area (Å²) in [6, 6.07) is 0. The summed E-state index contributed by atoms with van der Waals surface area (Å²) in [5, 5.41) is 0. The van der Waals surface area contributed by atoms with Crippen LogP contribution < -0.4 is 0 Å². The van der Waals surface area contributed by atoms with E-state index in [9.17, 15) is 18.0 Å². The normalized spacial score (nSPS) is 13.5. The lowest BCUT2D eigenvalue weighted by Gasteiger charge is -2.19. The topological polar surface area (TPSA) is 26.3 Å². The van der Waals surface area contributed by atoms with E-state index in [0.29, 0.717) is 6.08 Å². The zero-order chi connectivity index (χ0) is 13.0. The van der Waals surface area contributed by atoms with E-state index in [4.69, 9.17) is 0 Å². The fourth-order valence-electron chi connectivity index (χ4n) is 0.625. The number of carbonyl (C=O) groups is 1. The molecule has 2 nitrogen and oxygen atoms in total. The van der Waals surface area contributed by atoms with E-state index in [-0.39, 0.29) is 6.61 Å². The van der Waals surface area contributed by atoms with Crippen molar-refractivity contribution in [1.82, 2.24) is 0 Å². The Hall–Kier alpha value is 0.180. The van der Waals surface area contributed by atoms with Gasteiger partial charge in [0.15, 0.2) is 2.14 Å². The van der Waals surface area contributed by atoms with E-state index in [1.165, 1.54) is 6.08 Å². The molecule has 0 aromatic heterocycles. The number of allylic oxidation sites excluding steroid dienone is 1. The van der Waals surface area contributed by atoms with E-state index < -0.39 is 19.9 Å². The molecule has 0 saturated heterocycles. The highest BCUT2D eigenvalue weighted by Crippen LogP contribution is 2.47. The Bertz CT molecular complexity index is 289. The van der Waals surface area contributed by atoms with Crippen LogP contribution in [-0.4, -0.2) is 20.9 Å². The molecule has 0 atom stereocenters. The van der Waals surface area contributed by atoms with Crippen molar-refractivity contribution in [2.45, 2.75) is 8.32 Å². The number of carbonyl (C=O) groups excluding carboxylic acids is 1. The maximum absolute atomic E-state index is 12.5. The van der Waals surface area contributed by atoms with Gasteiger partial charge in [0.25, 0.3) is 0 Å². The van der Waals surface area contributed by atoms with Crippen molar-refractivity contribution in [1.29, 1.82) is 0 Å². The minimum atomic E-state index is -4.68. The average molecular weight is 431 g/mol. The molecule has 0 heterocycles. The standard InChI is InChI=1S/C8H6Br3F3O2/c1-2-3-16-6(15)4-5(7(9,10)11)8(12,13)14/h2,4H,1,3H2. The van der Waals surface area contributed by atoms with Gasteiger partial charge in [-0.05, 0) is 0 Å². The first kappa shape index (κ1) is 16.2. The van der Waals surface area contributed by atoms with Gasteiger partial charge in [-0.2, -0.15) is 13.2 Å². The molecule has 0 spiro atoms. The highest BCUT2D eigenvalue weighted by molar-refractivity contribution is 9.39. The molecule has 0 saturated carbocycles. The quantitative estimate of drug-likeness (QED) is 0.292. The number of alkyl halides is 6. The van der Waals surface area contributed by atoms with Crippen LogP contribution in [0.25, 0.3) is 0 Å². The molecule has 0 rings (SSSR count). The van der Waals surface area contributed by atoms with Gasteiger partial charge < -0.3 is 4.74 Å². The fourth-order valence-corrected chi connectivity index (χ4v) is 1.64. The molecule has 92 valence electrons. The lowest BCUT2D eigenvalue weighted by molar-refractivity contribution is -0.137. The molecule has 0 fully saturated rings. The summed E-state index contributed by atoms with van der Waals surface area (Å²) in [5.74, 6) is -1.10. The zero-order valence-electron chi connectivity index (χ0n) is 7.65. The monoisotopic (exact) mass is 428 g/mol. The molecule has 16 heavy (non-hydrogen) atoms. The van der Waals surface area contributed by atoms with Crippen LogP contribution in [0.4, 0.5) is 13.2 Å². The summed E-state index contributed by atoms with van der Waals surface area (Å²) >= 11 is 8.08. The second-order valence-electron chi connectivity index (χ2n) is 2.47. The predicted octanol–water partition coefficient (Wildman–Crippen LogP) is 4.04. The Kier molecular flexibility index (Phi) is 6.27. The Balaban J connectivity index is 4.99. The van der Waals surface area contributed by atoms with Crippen molar-refractivity contribution in [3.05, 3.63) is 24.3 Å². The maximum Gasteiger partial charge on any atom is 0.415 e. The van der Waals surface area contributed by atoms with Gasteiger partial charge in [-0.15, -0.1) is 0 Å². The lowest BCUT2D eigenvalue weighted by Crippen LogP contribution is -2.24. The second kappa shape index (κ2) is 6.20. The highest BCUT2D eigenvalue weighted by Gasteiger charge is 2.45. The van der Waals surface area contributed by atoms with Gasteiger partial charge in [-0.25, -0.2) is 4.79 Å². The molecule has 0 radical (unpaired) electrons. The number of halogens is 6. The smallest absolute Gasteiger partial charge is 0.415 e. The van der Waals surface area contributed by atoms with Crippen molar-refractivity contribution >= 4 is 53.8 Å². The Morgan fingerprint density at radius 2 is 1.81 bits per heavy atom. The Labute approximate surface area is 115 Å². The van der Waals surface area contributed by atoms with Gasteiger partial charge in [-0.3, -0.25) is 0 Å². The van der Waals surface area contributed by atoms with Gasteiger partial charge in [0.05, 0.1) is 5.57 Å². The SMILES string of the molecule is C=CCOC(=O)C=C(C(F)(F)F)C(Br)(Br)Br. The molecule has 0 aliphatic heterocycles. The van der Waals surface area contributed by atoms with Gasteiger partial charge in [0, 0.05) is 6.08 Å². The van der Waals surface area contributed by atoms with Crippen LogP contribution in [0.2, 0.25) is 0 Å². The van der Waals surface area contributed by atoms with Gasteiger partial charge >= 0.3 is 12.1 Å². The van der Waals surface area contributed by atoms with Gasteiger partial charge in [-0.1, -0.05) is 60.4 Å². The van der Waals surface area contributed by atoms with Crippen molar-refractivity contribution in [3.8, 4) is 0 Å². The fraction of sp³-hybridized carbons (Fsp3) is 0.375. The van der Waals surface area contributed by atoms with Crippen molar-refractivity contribution in [2.75, 3.05) is 6.61 Å². The summed E-state index contributed by atoms with van der Waals surface area (Å²) in [4.78, 5) is 11.0. The van der Waals surface area contributed by atoms with Gasteiger partial charge in [0.2, 0.25) is 0 Å². The van der Waals surface area contributed by atoms with Crippen LogP contribution >= 0.6 is 47.8 Å². The van der Waals surface area contributed by atoms with E-state index in [1.807, 2.05) is 0 Å². The molecule has 8 heteroatoms. The average Bonchev–Trinajstić information content (AvgIpc) is 2.07. The molecule has 0 aliphatic carbocycles. The molecule has 0 aromatic carbocycles. The molecule has 0 aromatic rings. The van der Waals surface area contributed by atoms with Crippen molar-refractivity contribution in [3.63, 3.8) is 0 Å². The number of ether oxygens (including phenoxy) is 1. The number of hydrogen-bond acceptors (Lipinski definition) is 2. The first-order chi connectivity index (χ1) is 7.09. The number of hydrogen-bond donors (Lipinski definition) is 0. The summed E-state index contributed by atoms with van der Waals surface area (Å²) in [5.41, 5.74) is -1.16. The van der Waals surface area contributed by atoms with Crippen LogP contribution in [0, 0.1) is 0 Å². The zero-order valence-corrected chi connectivity index (χ0v) is 12.4. The Morgan fingerprint density at radius 1 is 1.31 bits per heavy atom. The van der Waals surface area contributed by atoms with Gasteiger partial charge in [0.1, 0.15) is 6.61 Å². The molecule has 0 bridgehead atoms. The molecular weight excluding hydrogens is 425 g/mol. The van der Waals surface area contributed by atoms with E-state index in [2.05, 4.69) is 59.1 Å². The third-order valence-corrected chi connectivity index (χ3v) is 2.50. The van der Waals surface area contributed by atoms with Crippen LogP contribution in [-0.2, 0) is 9.53 Å². The van der Waals surface area contributed by atoms with E-state index >= 15 is 0 Å². The number of rotatable bonds is 3. The largest absolute Gasteiger partial charge is 0.458 e. The molecular formula is C8H6Br3F3O2. The summed E-state index contributed by atoms with van der Waals surface area (Å²) in [7, 11) is 0. The maximum atomic E-state index is 12.5. The lowest BCUT2D eigenvalue weighted by atomic mass is 10.3. The molecule has 0 unspecified atom stereocenters. The molecule has 0 aliphatic rings. The minimum absolute atomic E-state index is 0.152. The second-order valence-corrected chi connectivity index (χ2v) is 9.23. The first-order valence-electron chi connectivity index (χ1n) is 3.72. The highest BCUT2D eigenvalue weighted by atomic mass is 80.0.